The molecule has 0 spiro atoms. The number of ether oxygens (including phenoxy) is 2. The molecule has 1 saturated heterocycles. The van der Waals surface area contributed by atoms with Crippen LogP contribution in [0.1, 0.15) is 12.0 Å². The van der Waals surface area contributed by atoms with Gasteiger partial charge in [0.25, 0.3) is 0 Å². The van der Waals surface area contributed by atoms with Crippen LogP contribution in [0.3, 0.4) is 0 Å². The van der Waals surface area contributed by atoms with Crippen LogP contribution in [0.15, 0.2) is 18.2 Å². The van der Waals surface area contributed by atoms with Crippen LogP contribution in [-0.2, 0) is 16.1 Å². The molecular formula is C14H20ClN3O5. The lowest BCUT2D eigenvalue weighted by Crippen LogP contribution is -2.26. The quantitative estimate of drug-likeness (QED) is 0.467. The molecular weight excluding hydrogens is 326 g/mol. The third kappa shape index (κ3) is 5.34. The van der Waals surface area contributed by atoms with Gasteiger partial charge in [-0.1, -0.05) is 6.07 Å². The molecule has 1 atom stereocenters. The molecule has 0 saturated carbocycles. The second-order valence-electron chi connectivity index (χ2n) is 5.21. The van der Waals surface area contributed by atoms with Crippen molar-refractivity contribution in [2.45, 2.75) is 19.0 Å². The molecule has 0 unspecified atom stereocenters. The van der Waals surface area contributed by atoms with Gasteiger partial charge < -0.3 is 15.2 Å². The largest absolute Gasteiger partial charge is 0.475 e. The van der Waals surface area contributed by atoms with Gasteiger partial charge in [0.15, 0.2) is 12.4 Å². The predicted molar refractivity (Wildman–Crippen MR) is 85.7 cm³/mol. The number of nitrogens with zero attached hydrogens (tertiary/aromatic N) is 2. The zero-order chi connectivity index (χ0) is 16.1. The fourth-order valence-electron chi connectivity index (χ4n) is 2.39. The Hall–Kier alpha value is -1.90. The van der Waals surface area contributed by atoms with Crippen LogP contribution in [0.4, 0.5) is 5.69 Å². The van der Waals surface area contributed by atoms with Gasteiger partial charge in [0.2, 0.25) is 0 Å². The molecule has 0 amide bonds. The monoisotopic (exact) mass is 345 g/mol. The Morgan fingerprint density at radius 1 is 1.52 bits per heavy atom. The van der Waals surface area contributed by atoms with Crippen LogP contribution in [0.25, 0.3) is 0 Å². The van der Waals surface area contributed by atoms with E-state index in [9.17, 15) is 14.9 Å². The number of halogens is 1. The Kier molecular flexibility index (Phi) is 7.21. The van der Waals surface area contributed by atoms with Crippen molar-refractivity contribution >= 4 is 24.1 Å². The number of esters is 1. The summed E-state index contributed by atoms with van der Waals surface area (Å²) in [7, 11) is 1.23. The highest BCUT2D eigenvalue weighted by atomic mass is 35.5. The average Bonchev–Trinajstić information content (AvgIpc) is 2.90. The Morgan fingerprint density at radius 3 is 2.83 bits per heavy atom. The first-order valence-corrected chi connectivity index (χ1v) is 6.94. The van der Waals surface area contributed by atoms with Crippen molar-refractivity contribution in [3.63, 3.8) is 0 Å². The highest BCUT2D eigenvalue weighted by Crippen LogP contribution is 2.29. The minimum atomic E-state index is -0.593. The number of nitro benzene ring substituents is 1. The van der Waals surface area contributed by atoms with E-state index in [2.05, 4.69) is 9.64 Å². The van der Waals surface area contributed by atoms with E-state index in [1.54, 1.807) is 6.07 Å². The van der Waals surface area contributed by atoms with E-state index in [-0.39, 0.29) is 36.5 Å². The zero-order valence-corrected chi connectivity index (χ0v) is 13.6. The smallest absolute Gasteiger partial charge is 0.343 e. The van der Waals surface area contributed by atoms with Gasteiger partial charge in [-0.2, -0.15) is 0 Å². The molecule has 2 N–H and O–H groups in total. The van der Waals surface area contributed by atoms with Crippen LogP contribution in [-0.4, -0.2) is 48.6 Å². The lowest BCUT2D eigenvalue weighted by atomic mass is 10.1. The number of rotatable bonds is 6. The molecule has 2 rings (SSSR count). The van der Waals surface area contributed by atoms with Crippen LogP contribution in [0.2, 0.25) is 0 Å². The first kappa shape index (κ1) is 19.1. The van der Waals surface area contributed by atoms with Gasteiger partial charge in [0.05, 0.1) is 12.0 Å². The van der Waals surface area contributed by atoms with E-state index in [0.29, 0.717) is 6.54 Å². The van der Waals surface area contributed by atoms with E-state index >= 15 is 0 Å². The molecule has 128 valence electrons. The molecule has 1 aliphatic heterocycles. The summed E-state index contributed by atoms with van der Waals surface area (Å²) >= 11 is 0. The molecule has 1 aromatic rings. The highest BCUT2D eigenvalue weighted by Gasteiger charge is 2.21. The number of methoxy groups -OCH3 is 1. The fourth-order valence-corrected chi connectivity index (χ4v) is 2.39. The van der Waals surface area contributed by atoms with Crippen molar-refractivity contribution < 1.29 is 19.2 Å². The molecule has 0 aliphatic carbocycles. The van der Waals surface area contributed by atoms with Crippen molar-refractivity contribution in [1.82, 2.24) is 4.90 Å². The average molecular weight is 346 g/mol. The van der Waals surface area contributed by atoms with E-state index in [4.69, 9.17) is 10.5 Å². The zero-order valence-electron chi connectivity index (χ0n) is 12.8. The van der Waals surface area contributed by atoms with Gasteiger partial charge in [-0.15, -0.1) is 12.4 Å². The standard InChI is InChI=1S/C14H19N3O5.ClH/c1-21-14(18)9-22-13-3-2-10(6-12(13)17(19)20)7-16-5-4-11(15)8-16;/h2-3,6,11H,4-5,7-9,15H2,1H3;1H/t11-;/m1./s1. The van der Waals surface area contributed by atoms with Gasteiger partial charge in [-0.25, -0.2) is 4.79 Å². The summed E-state index contributed by atoms with van der Waals surface area (Å²) in [6, 6.07) is 4.89. The molecule has 0 radical (unpaired) electrons. The summed E-state index contributed by atoms with van der Waals surface area (Å²) in [5.41, 5.74) is 6.50. The number of nitrogens with two attached hydrogens (primary N) is 1. The molecule has 1 fully saturated rings. The Bertz CT molecular complexity index is 569. The fraction of sp³-hybridized carbons (Fsp3) is 0.500. The van der Waals surface area contributed by atoms with E-state index < -0.39 is 10.9 Å². The van der Waals surface area contributed by atoms with Crippen LogP contribution >= 0.6 is 12.4 Å². The number of hydrogen-bond donors (Lipinski definition) is 1. The van der Waals surface area contributed by atoms with Crippen molar-refractivity contribution in [3.8, 4) is 5.75 Å². The van der Waals surface area contributed by atoms with Gasteiger partial charge in [-0.3, -0.25) is 15.0 Å². The van der Waals surface area contributed by atoms with Crippen molar-refractivity contribution in [1.29, 1.82) is 0 Å². The van der Waals surface area contributed by atoms with Gasteiger partial charge in [0.1, 0.15) is 0 Å². The third-order valence-corrected chi connectivity index (χ3v) is 3.51. The Labute approximate surface area is 140 Å². The van der Waals surface area contributed by atoms with Gasteiger partial charge >= 0.3 is 11.7 Å². The van der Waals surface area contributed by atoms with Crippen molar-refractivity contribution in [2.75, 3.05) is 26.8 Å². The van der Waals surface area contributed by atoms with Gasteiger partial charge in [0, 0.05) is 31.7 Å². The predicted octanol–water partition coefficient (Wildman–Crippen LogP) is 1.10. The number of benzene rings is 1. The maximum Gasteiger partial charge on any atom is 0.343 e. The summed E-state index contributed by atoms with van der Waals surface area (Å²) < 4.78 is 9.59. The molecule has 0 bridgehead atoms. The molecule has 23 heavy (non-hydrogen) atoms. The van der Waals surface area contributed by atoms with Crippen molar-refractivity contribution in [2.24, 2.45) is 5.73 Å². The summed E-state index contributed by atoms with van der Waals surface area (Å²) in [5.74, 6) is -0.540. The topological polar surface area (TPSA) is 108 Å². The molecule has 1 heterocycles. The molecule has 1 aliphatic rings. The second-order valence-corrected chi connectivity index (χ2v) is 5.21. The van der Waals surface area contributed by atoms with Crippen LogP contribution in [0, 0.1) is 10.1 Å². The summed E-state index contributed by atoms with van der Waals surface area (Å²) in [6.45, 7) is 1.91. The molecule has 8 nitrogen and oxygen atoms in total. The summed E-state index contributed by atoms with van der Waals surface area (Å²) in [4.78, 5) is 23.8. The number of hydrogen-bond acceptors (Lipinski definition) is 7. The lowest BCUT2D eigenvalue weighted by Gasteiger charge is -2.15. The number of nitro groups is 1. The van der Waals surface area contributed by atoms with Crippen LogP contribution in [0.5, 0.6) is 5.75 Å². The first-order chi connectivity index (χ1) is 10.5. The first-order valence-electron chi connectivity index (χ1n) is 6.94. The molecule has 1 aromatic carbocycles. The van der Waals surface area contributed by atoms with Crippen molar-refractivity contribution in [3.05, 3.63) is 33.9 Å². The Morgan fingerprint density at radius 2 is 2.26 bits per heavy atom. The number of carbonyl (C=O) groups excluding carboxylic acids is 1. The van der Waals surface area contributed by atoms with Gasteiger partial charge in [-0.05, 0) is 18.1 Å². The number of carbonyl (C=O) groups is 1. The van der Waals surface area contributed by atoms with Crippen LogP contribution < -0.4 is 10.5 Å². The number of likely N-dealkylation sites (tertiary alicyclic amines) is 1. The van der Waals surface area contributed by atoms with E-state index in [1.807, 2.05) is 0 Å². The highest BCUT2D eigenvalue weighted by molar-refractivity contribution is 5.85. The molecule has 0 aromatic heterocycles. The minimum absolute atomic E-state index is 0. The van der Waals surface area contributed by atoms with E-state index in [1.165, 1.54) is 19.2 Å². The SMILES string of the molecule is COC(=O)COc1ccc(CN2CC[C@@H](N)C2)cc1[N+](=O)[O-].Cl. The maximum absolute atomic E-state index is 11.2. The maximum atomic E-state index is 11.2. The second kappa shape index (κ2) is 8.66. The summed E-state index contributed by atoms with van der Waals surface area (Å²) in [6.07, 6.45) is 0.933. The third-order valence-electron chi connectivity index (χ3n) is 3.51. The lowest BCUT2D eigenvalue weighted by molar-refractivity contribution is -0.385. The Balaban J connectivity index is 0.00000264. The normalized spacial score (nSPS) is 17.4. The summed E-state index contributed by atoms with van der Waals surface area (Å²) in [5, 5.41) is 11.2. The molecule has 9 heteroatoms. The van der Waals surface area contributed by atoms with E-state index in [0.717, 1.165) is 25.1 Å². The minimum Gasteiger partial charge on any atom is -0.475 e.